The van der Waals surface area contributed by atoms with Crippen molar-refractivity contribution in [2.24, 2.45) is 0 Å². The van der Waals surface area contributed by atoms with Crippen LogP contribution in [0.25, 0.3) is 11.2 Å². The molecule has 13 nitrogen and oxygen atoms in total. The van der Waals surface area contributed by atoms with Gasteiger partial charge in [-0.15, -0.1) is 0 Å². The molecule has 0 bridgehead atoms. The minimum absolute atomic E-state index is 0.126. The zero-order chi connectivity index (χ0) is 22.9. The number of ether oxygens (including phenoxy) is 3. The third-order valence-corrected chi connectivity index (χ3v) is 6.40. The minimum atomic E-state index is -1.29. The van der Waals surface area contributed by atoms with Gasteiger partial charge in [-0.3, -0.25) is 4.57 Å². The summed E-state index contributed by atoms with van der Waals surface area (Å²) in [5, 5.41) is 36.8. The van der Waals surface area contributed by atoms with Crippen molar-refractivity contribution in [2.45, 2.75) is 68.4 Å². The molecule has 2 aromatic rings. The zero-order valence-electron chi connectivity index (χ0n) is 17.9. The quantitative estimate of drug-likeness (QED) is 0.365. The SMILES string of the molecule is O=C(NC1CCCC1O)OCC1OC(n2cnc3c(N[C@@H]4CCOC4)ncnc32)C(O)C1O. The van der Waals surface area contributed by atoms with E-state index in [0.717, 1.165) is 12.8 Å². The van der Waals surface area contributed by atoms with Crippen molar-refractivity contribution in [3.8, 4) is 0 Å². The van der Waals surface area contributed by atoms with Crippen molar-refractivity contribution >= 4 is 23.1 Å². The van der Waals surface area contributed by atoms with E-state index in [2.05, 4.69) is 25.6 Å². The minimum Gasteiger partial charge on any atom is -0.447 e. The number of hydrogen-bond donors (Lipinski definition) is 5. The van der Waals surface area contributed by atoms with Gasteiger partial charge in [0.25, 0.3) is 0 Å². The molecule has 2 aliphatic heterocycles. The molecule has 7 atom stereocenters. The Morgan fingerprint density at radius 2 is 2.06 bits per heavy atom. The van der Waals surface area contributed by atoms with Gasteiger partial charge in [0.1, 0.15) is 31.2 Å². The van der Waals surface area contributed by atoms with E-state index in [1.807, 2.05) is 0 Å². The van der Waals surface area contributed by atoms with Gasteiger partial charge in [-0.1, -0.05) is 0 Å². The highest BCUT2D eigenvalue weighted by atomic mass is 16.6. The lowest BCUT2D eigenvalue weighted by Crippen LogP contribution is -2.42. The molecule has 5 rings (SSSR count). The van der Waals surface area contributed by atoms with E-state index in [1.165, 1.54) is 17.2 Å². The molecule has 3 fully saturated rings. The Kier molecular flexibility index (Phi) is 6.29. The van der Waals surface area contributed by atoms with Gasteiger partial charge in [0.05, 0.1) is 31.1 Å². The monoisotopic (exact) mass is 464 g/mol. The average Bonchev–Trinajstić information content (AvgIpc) is 3.59. The van der Waals surface area contributed by atoms with Crippen LogP contribution in [0.1, 0.15) is 31.9 Å². The van der Waals surface area contributed by atoms with Gasteiger partial charge in [0, 0.05) is 6.61 Å². The average molecular weight is 464 g/mol. The van der Waals surface area contributed by atoms with Crippen LogP contribution in [0.3, 0.4) is 0 Å². The first kappa shape index (κ1) is 22.2. The summed E-state index contributed by atoms with van der Waals surface area (Å²) >= 11 is 0. The van der Waals surface area contributed by atoms with Crippen LogP contribution in [0.5, 0.6) is 0 Å². The Hall–Kier alpha value is -2.58. The summed E-state index contributed by atoms with van der Waals surface area (Å²) in [7, 11) is 0. The molecule has 3 aliphatic rings. The lowest BCUT2D eigenvalue weighted by molar-refractivity contribution is -0.0537. The topological polar surface area (TPSA) is 173 Å². The second-order valence-corrected chi connectivity index (χ2v) is 8.65. The van der Waals surface area contributed by atoms with Gasteiger partial charge < -0.3 is 40.2 Å². The van der Waals surface area contributed by atoms with Crippen molar-refractivity contribution in [1.29, 1.82) is 0 Å². The Morgan fingerprint density at radius 1 is 1.18 bits per heavy atom. The fourth-order valence-electron chi connectivity index (χ4n) is 4.54. The molecular weight excluding hydrogens is 436 g/mol. The first-order chi connectivity index (χ1) is 16.0. The number of aliphatic hydroxyl groups is 3. The van der Waals surface area contributed by atoms with E-state index in [9.17, 15) is 20.1 Å². The Bertz CT molecular complexity index is 983. The smallest absolute Gasteiger partial charge is 0.407 e. The zero-order valence-corrected chi connectivity index (χ0v) is 17.9. The molecule has 6 unspecified atom stereocenters. The maximum absolute atomic E-state index is 12.1. The summed E-state index contributed by atoms with van der Waals surface area (Å²) in [5.74, 6) is 0.549. The molecule has 4 heterocycles. The van der Waals surface area contributed by atoms with Crippen molar-refractivity contribution < 1.29 is 34.3 Å². The first-order valence-electron chi connectivity index (χ1n) is 11.2. The van der Waals surface area contributed by atoms with Gasteiger partial charge >= 0.3 is 6.09 Å². The molecule has 1 amide bonds. The summed E-state index contributed by atoms with van der Waals surface area (Å²) in [6.45, 7) is 1.00. The number of fused-ring (bicyclic) bond motifs is 1. The molecule has 1 aliphatic carbocycles. The fraction of sp³-hybridized carbons (Fsp3) is 0.700. The van der Waals surface area contributed by atoms with Crippen molar-refractivity contribution in [3.63, 3.8) is 0 Å². The Labute approximate surface area is 189 Å². The number of amides is 1. The van der Waals surface area contributed by atoms with Crippen LogP contribution in [-0.2, 0) is 14.2 Å². The molecule has 0 spiro atoms. The van der Waals surface area contributed by atoms with Crippen LogP contribution in [0.15, 0.2) is 12.7 Å². The highest BCUT2D eigenvalue weighted by Crippen LogP contribution is 2.32. The standard InChI is InChI=1S/C20H28N6O7/c27-12-3-1-2-11(12)25-20(30)32-7-13-15(28)16(29)19(33-13)26-9-23-14-17(21-8-22-18(14)26)24-10-4-5-31-6-10/h8-13,15-16,19,27-29H,1-7H2,(H,25,30)(H,21,22,24)/t10-,11?,12?,13?,15?,16?,19?/m1/s1. The molecule has 5 N–H and O–H groups in total. The van der Waals surface area contributed by atoms with Gasteiger partial charge in [0.2, 0.25) is 0 Å². The Balaban J connectivity index is 1.24. The van der Waals surface area contributed by atoms with Crippen LogP contribution in [0, 0.1) is 0 Å². The lowest BCUT2D eigenvalue weighted by Gasteiger charge is -2.18. The van der Waals surface area contributed by atoms with Gasteiger partial charge in [0.15, 0.2) is 23.2 Å². The maximum atomic E-state index is 12.1. The van der Waals surface area contributed by atoms with Crippen LogP contribution in [-0.4, -0.2) is 97.3 Å². The maximum Gasteiger partial charge on any atom is 0.407 e. The number of alkyl carbamates (subject to hydrolysis) is 1. The fourth-order valence-corrected chi connectivity index (χ4v) is 4.54. The summed E-state index contributed by atoms with van der Waals surface area (Å²) in [4.78, 5) is 25.0. The van der Waals surface area contributed by atoms with Crippen LogP contribution in [0.2, 0.25) is 0 Å². The molecule has 180 valence electrons. The van der Waals surface area contributed by atoms with E-state index in [0.29, 0.717) is 43.0 Å². The Morgan fingerprint density at radius 3 is 2.82 bits per heavy atom. The van der Waals surface area contributed by atoms with Gasteiger partial charge in [-0.2, -0.15) is 0 Å². The number of rotatable bonds is 6. The number of aromatic nitrogens is 4. The van der Waals surface area contributed by atoms with Crippen molar-refractivity contribution in [2.75, 3.05) is 25.1 Å². The predicted octanol–water partition coefficient (Wildman–Crippen LogP) is -0.714. The number of aliphatic hydroxyl groups excluding tert-OH is 3. The van der Waals surface area contributed by atoms with Crippen LogP contribution < -0.4 is 10.6 Å². The lowest BCUT2D eigenvalue weighted by atomic mass is 10.1. The molecule has 13 heteroatoms. The second-order valence-electron chi connectivity index (χ2n) is 8.65. The predicted molar refractivity (Wildman–Crippen MR) is 112 cm³/mol. The molecule has 2 aromatic heterocycles. The van der Waals surface area contributed by atoms with E-state index in [1.54, 1.807) is 0 Å². The summed E-state index contributed by atoms with van der Waals surface area (Å²) in [6.07, 6.45) is 0.0709. The second kappa shape index (κ2) is 9.35. The van der Waals surface area contributed by atoms with Crippen LogP contribution in [0.4, 0.5) is 10.6 Å². The van der Waals surface area contributed by atoms with Crippen LogP contribution >= 0.6 is 0 Å². The van der Waals surface area contributed by atoms with E-state index in [-0.39, 0.29) is 18.7 Å². The molecule has 33 heavy (non-hydrogen) atoms. The normalized spacial score (nSPS) is 34.1. The number of imidazole rings is 1. The van der Waals surface area contributed by atoms with Crippen molar-refractivity contribution in [1.82, 2.24) is 24.8 Å². The number of carbonyl (C=O) groups excluding carboxylic acids is 1. The molecule has 0 aromatic carbocycles. The molecule has 2 saturated heterocycles. The molecule has 0 radical (unpaired) electrons. The summed E-state index contributed by atoms with van der Waals surface area (Å²) in [5.41, 5.74) is 0.932. The molecular formula is C20H28N6O7. The third-order valence-electron chi connectivity index (χ3n) is 6.40. The van der Waals surface area contributed by atoms with Gasteiger partial charge in [-0.05, 0) is 25.7 Å². The highest BCUT2D eigenvalue weighted by molar-refractivity contribution is 5.82. The summed E-state index contributed by atoms with van der Waals surface area (Å²) in [6, 6.07) is -0.220. The number of anilines is 1. The first-order valence-corrected chi connectivity index (χ1v) is 11.2. The third kappa shape index (κ3) is 4.46. The van der Waals surface area contributed by atoms with E-state index in [4.69, 9.17) is 14.2 Å². The van der Waals surface area contributed by atoms with Crippen molar-refractivity contribution in [3.05, 3.63) is 12.7 Å². The van der Waals surface area contributed by atoms with Gasteiger partial charge in [-0.25, -0.2) is 19.7 Å². The summed E-state index contributed by atoms with van der Waals surface area (Å²) < 4.78 is 17.9. The molecule has 1 saturated carbocycles. The number of nitrogens with zero attached hydrogens (tertiary/aromatic N) is 4. The largest absolute Gasteiger partial charge is 0.447 e. The number of carbonyl (C=O) groups is 1. The number of nitrogens with one attached hydrogen (secondary N) is 2. The van der Waals surface area contributed by atoms with E-state index < -0.39 is 36.7 Å². The van der Waals surface area contributed by atoms with E-state index >= 15 is 0 Å². The highest BCUT2D eigenvalue weighted by Gasteiger charge is 2.45. The number of hydrogen-bond acceptors (Lipinski definition) is 11.